The van der Waals surface area contributed by atoms with Gasteiger partial charge in [-0.25, -0.2) is 0 Å². The van der Waals surface area contributed by atoms with Gasteiger partial charge in [0, 0.05) is 0 Å². The number of carbonyl (C=O) groups excluding carboxylic acids is 1. The van der Waals surface area contributed by atoms with Crippen molar-refractivity contribution in [2.24, 2.45) is 5.92 Å². The monoisotopic (exact) mass is 246 g/mol. The van der Waals surface area contributed by atoms with Crippen LogP contribution in [0.1, 0.15) is 26.6 Å². The van der Waals surface area contributed by atoms with Crippen LogP contribution >= 0.6 is 0 Å². The molecule has 0 spiro atoms. The summed E-state index contributed by atoms with van der Waals surface area (Å²) in [5, 5.41) is 27.5. The number of rotatable bonds is 4. The van der Waals surface area contributed by atoms with Gasteiger partial charge in [0.05, 0.1) is 6.07 Å². The van der Waals surface area contributed by atoms with Gasteiger partial charge in [0.15, 0.2) is 0 Å². The van der Waals surface area contributed by atoms with Gasteiger partial charge in [-0.3, -0.25) is 9.36 Å². The molecule has 1 aromatic heterocycles. The molecule has 0 aliphatic rings. The number of carbonyl (C=O) groups is 1. The normalized spacial score (nSPS) is 13.4. The first kappa shape index (κ1) is 13.7. The molecule has 1 heterocycles. The third kappa shape index (κ3) is 2.83. The summed E-state index contributed by atoms with van der Waals surface area (Å²) in [4.78, 5) is 11.8. The van der Waals surface area contributed by atoms with Crippen LogP contribution in [0.25, 0.3) is 0 Å². The Morgan fingerprint density at radius 1 is 1.61 bits per heavy atom. The van der Waals surface area contributed by atoms with E-state index in [1.54, 1.807) is 6.92 Å². The third-order valence-electron chi connectivity index (χ3n) is 2.82. The highest BCUT2D eigenvalue weighted by Crippen LogP contribution is 2.14. The molecule has 0 aliphatic heterocycles. The van der Waals surface area contributed by atoms with Crippen molar-refractivity contribution in [3.8, 4) is 12.1 Å². The van der Waals surface area contributed by atoms with Crippen molar-refractivity contribution in [3.63, 3.8) is 0 Å². The van der Waals surface area contributed by atoms with Gasteiger partial charge in [-0.2, -0.15) is 10.5 Å². The van der Waals surface area contributed by atoms with E-state index in [0.717, 1.165) is 0 Å². The first-order valence-corrected chi connectivity index (χ1v) is 5.43. The first-order valence-electron chi connectivity index (χ1n) is 5.43. The number of nitrogens with zero attached hydrogens (tertiary/aromatic N) is 5. The number of hydrogen-bond acceptors (Lipinski definition) is 5. The molecule has 1 rings (SSSR count). The van der Waals surface area contributed by atoms with Crippen LogP contribution in [0.3, 0.4) is 0 Å². The maximum Gasteiger partial charge on any atom is 0.241 e. The fourth-order valence-electron chi connectivity index (χ4n) is 1.24. The lowest BCUT2D eigenvalue weighted by Gasteiger charge is -2.27. The largest absolute Gasteiger partial charge is 0.336 e. The van der Waals surface area contributed by atoms with Gasteiger partial charge in [-0.15, -0.1) is 10.2 Å². The average Bonchev–Trinajstić information content (AvgIpc) is 2.75. The minimum Gasteiger partial charge on any atom is -0.336 e. The summed E-state index contributed by atoms with van der Waals surface area (Å²) in [6.07, 6.45) is 1.30. The van der Waals surface area contributed by atoms with Crippen LogP contribution in [0.2, 0.25) is 0 Å². The molecule has 1 unspecified atom stereocenters. The van der Waals surface area contributed by atoms with Gasteiger partial charge in [0.1, 0.15) is 24.5 Å². The van der Waals surface area contributed by atoms with Gasteiger partial charge < -0.3 is 5.32 Å². The number of hydrogen-bond donors (Lipinski definition) is 1. The second-order valence-corrected chi connectivity index (χ2v) is 4.41. The van der Waals surface area contributed by atoms with Crippen molar-refractivity contribution in [3.05, 3.63) is 12.2 Å². The van der Waals surface area contributed by atoms with Crippen molar-refractivity contribution in [1.29, 1.82) is 10.5 Å². The molecule has 7 heteroatoms. The number of nitrogens with one attached hydrogen (secondary N) is 1. The molecule has 0 aromatic carbocycles. The van der Waals surface area contributed by atoms with Crippen LogP contribution in [-0.4, -0.2) is 26.2 Å². The number of nitriles is 2. The summed E-state index contributed by atoms with van der Waals surface area (Å²) < 4.78 is 1.33. The summed E-state index contributed by atoms with van der Waals surface area (Å²) >= 11 is 0. The van der Waals surface area contributed by atoms with Crippen molar-refractivity contribution in [1.82, 2.24) is 20.1 Å². The molecule has 0 saturated carbocycles. The lowest BCUT2D eigenvalue weighted by Crippen LogP contribution is -2.49. The zero-order valence-corrected chi connectivity index (χ0v) is 10.5. The molecule has 0 saturated heterocycles. The van der Waals surface area contributed by atoms with E-state index in [0.29, 0.717) is 0 Å². The Morgan fingerprint density at radius 2 is 2.28 bits per heavy atom. The van der Waals surface area contributed by atoms with Crippen LogP contribution in [0.4, 0.5) is 0 Å². The highest BCUT2D eigenvalue weighted by Gasteiger charge is 2.30. The van der Waals surface area contributed by atoms with E-state index < -0.39 is 5.54 Å². The Morgan fingerprint density at radius 3 is 2.78 bits per heavy atom. The van der Waals surface area contributed by atoms with Crippen molar-refractivity contribution in [2.75, 3.05) is 0 Å². The molecule has 1 amide bonds. The van der Waals surface area contributed by atoms with Crippen molar-refractivity contribution < 1.29 is 4.79 Å². The van der Waals surface area contributed by atoms with E-state index >= 15 is 0 Å². The summed E-state index contributed by atoms with van der Waals surface area (Å²) in [5.74, 6) is -0.319. The van der Waals surface area contributed by atoms with Crippen LogP contribution in [-0.2, 0) is 11.3 Å². The van der Waals surface area contributed by atoms with Crippen molar-refractivity contribution in [2.45, 2.75) is 32.9 Å². The predicted molar refractivity (Wildman–Crippen MR) is 61.7 cm³/mol. The molecule has 7 nitrogen and oxygen atoms in total. The fourth-order valence-corrected chi connectivity index (χ4v) is 1.24. The molecule has 0 bridgehead atoms. The van der Waals surface area contributed by atoms with Gasteiger partial charge in [0.2, 0.25) is 11.7 Å². The molecule has 94 valence electrons. The maximum absolute atomic E-state index is 11.8. The average molecular weight is 246 g/mol. The molecule has 0 aliphatic carbocycles. The van der Waals surface area contributed by atoms with Gasteiger partial charge in [-0.1, -0.05) is 13.8 Å². The molecule has 0 fully saturated rings. The molecule has 1 atom stereocenters. The quantitative estimate of drug-likeness (QED) is 0.816. The number of aromatic nitrogens is 3. The Bertz CT molecular complexity index is 520. The van der Waals surface area contributed by atoms with Crippen LogP contribution < -0.4 is 5.32 Å². The number of amides is 1. The molecule has 1 N–H and O–H groups in total. The molecule has 0 radical (unpaired) electrons. The summed E-state index contributed by atoms with van der Waals surface area (Å²) in [6, 6.07) is 3.90. The first-order chi connectivity index (χ1) is 8.42. The summed E-state index contributed by atoms with van der Waals surface area (Å²) in [6.45, 7) is 5.28. The topological polar surface area (TPSA) is 107 Å². The van der Waals surface area contributed by atoms with E-state index in [9.17, 15) is 4.79 Å². The molecule has 1 aromatic rings. The molecular weight excluding hydrogens is 232 g/mol. The summed E-state index contributed by atoms with van der Waals surface area (Å²) in [7, 11) is 0. The van der Waals surface area contributed by atoms with E-state index in [4.69, 9.17) is 10.5 Å². The SMILES string of the molecule is CC(C)C(C)(C#N)NC(=O)Cn1cnnc1C#N. The second kappa shape index (κ2) is 5.28. The van der Waals surface area contributed by atoms with Crippen LogP contribution in [0.5, 0.6) is 0 Å². The van der Waals surface area contributed by atoms with Crippen molar-refractivity contribution >= 4 is 5.91 Å². The van der Waals surface area contributed by atoms with E-state index in [-0.39, 0.29) is 24.2 Å². The lowest BCUT2D eigenvalue weighted by molar-refractivity contribution is -0.123. The minimum absolute atomic E-state index is 0.0252. The van der Waals surface area contributed by atoms with Gasteiger partial charge >= 0.3 is 0 Å². The smallest absolute Gasteiger partial charge is 0.241 e. The Kier molecular flexibility index (Phi) is 4.01. The zero-order chi connectivity index (χ0) is 13.8. The molecular formula is C11H14N6O. The highest BCUT2D eigenvalue weighted by molar-refractivity contribution is 5.77. The van der Waals surface area contributed by atoms with Gasteiger partial charge in [-0.05, 0) is 12.8 Å². The van der Waals surface area contributed by atoms with E-state index in [1.807, 2.05) is 19.9 Å². The minimum atomic E-state index is -0.933. The van der Waals surface area contributed by atoms with Crippen LogP contribution in [0.15, 0.2) is 6.33 Å². The highest BCUT2D eigenvalue weighted by atomic mass is 16.2. The lowest BCUT2D eigenvalue weighted by atomic mass is 9.90. The van der Waals surface area contributed by atoms with Crippen LogP contribution in [0, 0.1) is 28.6 Å². The maximum atomic E-state index is 11.8. The van der Waals surface area contributed by atoms with E-state index in [1.165, 1.54) is 10.9 Å². The standard InChI is InChI=1S/C11H14N6O/c1-8(2)11(3,6-13)15-10(18)5-17-7-14-16-9(17)4-12/h7-8H,5H2,1-3H3,(H,15,18). The fraction of sp³-hybridized carbons (Fsp3) is 0.545. The van der Waals surface area contributed by atoms with Gasteiger partial charge in [0.25, 0.3) is 0 Å². The Hall–Kier alpha value is -2.41. The second-order valence-electron chi connectivity index (χ2n) is 4.41. The Balaban J connectivity index is 2.75. The predicted octanol–water partition coefficient (Wildman–Crippen LogP) is 0.204. The molecule has 18 heavy (non-hydrogen) atoms. The third-order valence-corrected chi connectivity index (χ3v) is 2.82. The zero-order valence-electron chi connectivity index (χ0n) is 10.5. The summed E-state index contributed by atoms with van der Waals surface area (Å²) in [5.41, 5.74) is -0.933. The Labute approximate surface area is 105 Å². The van der Waals surface area contributed by atoms with E-state index in [2.05, 4.69) is 21.6 Å².